The average molecular weight is 352 g/mol. The Hall–Kier alpha value is -2.80. The summed E-state index contributed by atoms with van der Waals surface area (Å²) >= 11 is 0. The number of nitrogens with zero attached hydrogens (tertiary/aromatic N) is 6. The zero-order chi connectivity index (χ0) is 17.9. The average Bonchev–Trinajstić information content (AvgIpc) is 3.04. The molecule has 2 aromatic heterocycles. The fourth-order valence-electron chi connectivity index (χ4n) is 3.13. The molecule has 134 valence electrons. The van der Waals surface area contributed by atoms with E-state index in [-0.39, 0.29) is 5.82 Å². The first-order valence-corrected chi connectivity index (χ1v) is 8.77. The highest BCUT2D eigenvalue weighted by atomic mass is 19.1. The number of fused-ring (bicyclic) bond motifs is 1. The van der Waals surface area contributed by atoms with Gasteiger partial charge in [0.25, 0.3) is 0 Å². The molecule has 0 aliphatic carbocycles. The highest BCUT2D eigenvalue weighted by Gasteiger charge is 2.18. The maximum absolute atomic E-state index is 12.9. The molecule has 6 nitrogen and oxygen atoms in total. The van der Waals surface area contributed by atoms with Crippen LogP contribution in [0.2, 0.25) is 0 Å². The van der Waals surface area contributed by atoms with E-state index in [1.807, 2.05) is 25.1 Å². The number of hydrogen-bond donors (Lipinski definition) is 0. The van der Waals surface area contributed by atoms with E-state index in [0.717, 1.165) is 55.6 Å². The van der Waals surface area contributed by atoms with Crippen LogP contribution in [0.25, 0.3) is 11.7 Å². The minimum Gasteiger partial charge on any atom is -0.353 e. The fourth-order valence-corrected chi connectivity index (χ4v) is 3.13. The van der Waals surface area contributed by atoms with Crippen LogP contribution in [0.5, 0.6) is 0 Å². The molecule has 0 unspecified atom stereocenters. The summed E-state index contributed by atoms with van der Waals surface area (Å²) in [4.78, 5) is 4.69. The molecule has 1 aliphatic rings. The lowest BCUT2D eigenvalue weighted by Gasteiger charge is -2.34. The van der Waals surface area contributed by atoms with Gasteiger partial charge in [0.1, 0.15) is 11.6 Å². The molecule has 1 fully saturated rings. The van der Waals surface area contributed by atoms with Crippen LogP contribution in [0, 0.1) is 12.7 Å². The van der Waals surface area contributed by atoms with Gasteiger partial charge in [-0.25, -0.2) is 4.39 Å². The van der Waals surface area contributed by atoms with Gasteiger partial charge in [-0.1, -0.05) is 24.3 Å². The summed E-state index contributed by atoms with van der Waals surface area (Å²) in [5.41, 5.74) is 1.79. The van der Waals surface area contributed by atoms with Crippen LogP contribution >= 0.6 is 0 Å². The Morgan fingerprint density at radius 2 is 1.77 bits per heavy atom. The number of aromatic nitrogens is 4. The third-order valence-electron chi connectivity index (χ3n) is 4.64. The lowest BCUT2D eigenvalue weighted by atomic mass is 10.2. The van der Waals surface area contributed by atoms with Gasteiger partial charge in [-0.2, -0.15) is 4.52 Å². The van der Waals surface area contributed by atoms with Crippen molar-refractivity contribution in [3.05, 3.63) is 59.7 Å². The maximum Gasteiger partial charge on any atom is 0.178 e. The minimum atomic E-state index is -0.202. The number of benzene rings is 1. The van der Waals surface area contributed by atoms with E-state index >= 15 is 0 Å². The van der Waals surface area contributed by atoms with Gasteiger partial charge in [0.2, 0.25) is 0 Å². The summed E-state index contributed by atoms with van der Waals surface area (Å²) < 4.78 is 14.7. The zero-order valence-corrected chi connectivity index (χ0v) is 14.7. The van der Waals surface area contributed by atoms with E-state index in [4.69, 9.17) is 0 Å². The smallest absolute Gasteiger partial charge is 0.178 e. The Kier molecular flexibility index (Phi) is 4.62. The molecule has 0 saturated carbocycles. The Morgan fingerprint density at radius 3 is 2.54 bits per heavy atom. The van der Waals surface area contributed by atoms with Gasteiger partial charge in [0.15, 0.2) is 11.5 Å². The van der Waals surface area contributed by atoms with Crippen LogP contribution in [-0.2, 0) is 0 Å². The van der Waals surface area contributed by atoms with Crippen molar-refractivity contribution in [3.63, 3.8) is 0 Å². The largest absolute Gasteiger partial charge is 0.353 e. The molecule has 1 aromatic carbocycles. The highest BCUT2D eigenvalue weighted by Crippen LogP contribution is 2.15. The van der Waals surface area contributed by atoms with Gasteiger partial charge in [0, 0.05) is 32.7 Å². The maximum atomic E-state index is 12.9. The first-order chi connectivity index (χ1) is 12.7. The van der Waals surface area contributed by atoms with Crippen LogP contribution in [-0.4, -0.2) is 57.4 Å². The van der Waals surface area contributed by atoms with Crippen LogP contribution in [0.4, 0.5) is 10.2 Å². The molecule has 0 bridgehead atoms. The van der Waals surface area contributed by atoms with Gasteiger partial charge in [-0.05, 0) is 36.8 Å². The summed E-state index contributed by atoms with van der Waals surface area (Å²) in [6.07, 6.45) is 4.17. The molecule has 0 radical (unpaired) electrons. The lowest BCUT2D eigenvalue weighted by molar-refractivity contribution is 0.283. The van der Waals surface area contributed by atoms with Crippen molar-refractivity contribution in [2.45, 2.75) is 6.92 Å². The van der Waals surface area contributed by atoms with Crippen LogP contribution in [0.1, 0.15) is 11.4 Å². The van der Waals surface area contributed by atoms with Crippen LogP contribution in [0.3, 0.4) is 0 Å². The van der Waals surface area contributed by atoms with Crippen LogP contribution in [0.15, 0.2) is 42.5 Å². The molecule has 4 rings (SSSR count). The SMILES string of the molecule is Cc1nnc2ccc(N3CCN(C/C=C/c4ccc(F)cc4)CC3)nn12. The quantitative estimate of drug-likeness (QED) is 0.722. The summed E-state index contributed by atoms with van der Waals surface area (Å²) in [5, 5.41) is 12.8. The van der Waals surface area contributed by atoms with Crippen molar-refractivity contribution < 1.29 is 4.39 Å². The summed E-state index contributed by atoms with van der Waals surface area (Å²) in [7, 11) is 0. The second-order valence-electron chi connectivity index (χ2n) is 6.45. The number of anilines is 1. The number of hydrogen-bond acceptors (Lipinski definition) is 5. The molecule has 0 N–H and O–H groups in total. The normalized spacial score (nSPS) is 16.0. The van der Waals surface area contributed by atoms with Crippen molar-refractivity contribution in [1.29, 1.82) is 0 Å². The fraction of sp³-hybridized carbons (Fsp3) is 0.316. The number of piperazine rings is 1. The molecular formula is C19H21FN6. The molecular weight excluding hydrogens is 331 g/mol. The molecule has 7 heteroatoms. The Morgan fingerprint density at radius 1 is 1.00 bits per heavy atom. The second-order valence-corrected chi connectivity index (χ2v) is 6.45. The zero-order valence-electron chi connectivity index (χ0n) is 14.7. The van der Waals surface area contributed by atoms with Gasteiger partial charge < -0.3 is 4.90 Å². The van der Waals surface area contributed by atoms with E-state index in [1.165, 1.54) is 12.1 Å². The van der Waals surface area contributed by atoms with E-state index < -0.39 is 0 Å². The van der Waals surface area contributed by atoms with Crippen molar-refractivity contribution >= 4 is 17.5 Å². The van der Waals surface area contributed by atoms with Gasteiger partial charge in [0.05, 0.1) is 0 Å². The second kappa shape index (κ2) is 7.21. The topological polar surface area (TPSA) is 49.6 Å². The molecule has 0 amide bonds. The molecule has 3 aromatic rings. The molecule has 26 heavy (non-hydrogen) atoms. The van der Waals surface area contributed by atoms with Crippen LogP contribution < -0.4 is 4.90 Å². The summed E-state index contributed by atoms with van der Waals surface area (Å²) in [5.74, 6) is 1.56. The standard InChI is InChI=1S/C19H21FN6/c1-15-21-22-18-8-9-19(23-26(15)18)25-13-11-24(12-14-25)10-2-3-16-4-6-17(20)7-5-16/h2-9H,10-14H2,1H3/b3-2+. The third-order valence-corrected chi connectivity index (χ3v) is 4.64. The van der Waals surface area contributed by atoms with Gasteiger partial charge in [-0.3, -0.25) is 4.90 Å². The number of halogens is 1. The molecule has 1 aliphatic heterocycles. The molecule has 1 saturated heterocycles. The number of rotatable bonds is 4. The third kappa shape index (κ3) is 3.57. The predicted octanol–water partition coefficient (Wildman–Crippen LogP) is 2.41. The van der Waals surface area contributed by atoms with E-state index in [2.05, 4.69) is 31.2 Å². The molecule has 0 atom stereocenters. The van der Waals surface area contributed by atoms with E-state index in [0.29, 0.717) is 0 Å². The van der Waals surface area contributed by atoms with Gasteiger partial charge >= 0.3 is 0 Å². The molecule has 3 heterocycles. The lowest BCUT2D eigenvalue weighted by Crippen LogP contribution is -2.46. The predicted molar refractivity (Wildman–Crippen MR) is 99.6 cm³/mol. The van der Waals surface area contributed by atoms with Crippen molar-refractivity contribution in [3.8, 4) is 0 Å². The highest BCUT2D eigenvalue weighted by molar-refractivity contribution is 5.49. The van der Waals surface area contributed by atoms with Crippen molar-refractivity contribution in [1.82, 2.24) is 24.7 Å². The Labute approximate surface area is 151 Å². The minimum absolute atomic E-state index is 0.202. The first-order valence-electron chi connectivity index (χ1n) is 8.77. The monoisotopic (exact) mass is 352 g/mol. The first kappa shape index (κ1) is 16.7. The summed E-state index contributed by atoms with van der Waals surface area (Å²) in [6.45, 7) is 6.63. The van der Waals surface area contributed by atoms with Crippen molar-refractivity contribution in [2.75, 3.05) is 37.6 Å². The van der Waals surface area contributed by atoms with Crippen molar-refractivity contribution in [2.24, 2.45) is 0 Å². The van der Waals surface area contributed by atoms with E-state index in [1.54, 1.807) is 16.6 Å². The Bertz CT molecular complexity index is 909. The van der Waals surface area contributed by atoms with Gasteiger partial charge in [-0.15, -0.1) is 15.3 Å². The number of aryl methyl sites for hydroxylation is 1. The van der Waals surface area contributed by atoms with E-state index in [9.17, 15) is 4.39 Å². The Balaban J connectivity index is 1.33. The molecule has 0 spiro atoms. The summed E-state index contributed by atoms with van der Waals surface area (Å²) in [6, 6.07) is 10.5.